The zero-order valence-corrected chi connectivity index (χ0v) is 28.7. The van der Waals surface area contributed by atoms with E-state index in [1.54, 1.807) is 11.3 Å². The van der Waals surface area contributed by atoms with Gasteiger partial charge in [0.15, 0.2) is 29.1 Å². The van der Waals surface area contributed by atoms with E-state index in [9.17, 15) is 21.4 Å². The van der Waals surface area contributed by atoms with Crippen molar-refractivity contribution in [3.8, 4) is 23.0 Å². The minimum absolute atomic E-state index is 0. The van der Waals surface area contributed by atoms with Crippen LogP contribution in [-0.4, -0.2) is 75.6 Å². The molecular formula is C25H37NaO11S4. The average molecular weight is 665 g/mol. The second kappa shape index (κ2) is 18.2. The van der Waals surface area contributed by atoms with Gasteiger partial charge in [0.05, 0.1) is 22.5 Å². The number of fused-ring (bicyclic) bond motifs is 2. The summed E-state index contributed by atoms with van der Waals surface area (Å²) in [5, 5.41) is 6.72. The minimum atomic E-state index is -4.23. The standard InChI is InChI=1S/C14H22O5S2.C11H16O6S2.Na/c15-21(16,17)8-6-4-2-1-3-5-7-12-9-18-13-10-20-11-14(13)19-12;1-8(19(12,13)14)2-3-15-4-9-5-16-10-6-18-7-11(10)17-9;/h10-12H,1-9H2,(H,15,16,17);6-9H,2-5H2,1H3,(H,12,13,14);/q;;+1/p-1. The molecule has 3 atom stereocenters. The van der Waals surface area contributed by atoms with Crippen molar-refractivity contribution >= 4 is 42.9 Å². The predicted octanol–water partition coefficient (Wildman–Crippen LogP) is 1.74. The van der Waals surface area contributed by atoms with Gasteiger partial charge in [-0.3, -0.25) is 4.55 Å². The molecule has 0 amide bonds. The van der Waals surface area contributed by atoms with E-state index in [1.807, 2.05) is 21.5 Å². The van der Waals surface area contributed by atoms with Crippen LogP contribution in [0.4, 0.5) is 0 Å². The Balaban J connectivity index is 0.000000281. The first-order chi connectivity index (χ1) is 19.0. The first-order valence-corrected chi connectivity index (χ1v) is 18.2. The summed E-state index contributed by atoms with van der Waals surface area (Å²) in [5.41, 5.74) is 0. The van der Waals surface area contributed by atoms with Gasteiger partial charge < -0.3 is 28.2 Å². The Morgan fingerprint density at radius 1 is 0.878 bits per heavy atom. The number of rotatable bonds is 15. The maximum atomic E-state index is 10.7. The molecule has 2 aromatic heterocycles. The van der Waals surface area contributed by atoms with Crippen LogP contribution in [0.5, 0.6) is 23.0 Å². The Morgan fingerprint density at radius 2 is 1.39 bits per heavy atom. The molecule has 0 saturated heterocycles. The molecule has 2 aliphatic heterocycles. The third-order valence-electron chi connectivity index (χ3n) is 6.27. The van der Waals surface area contributed by atoms with Gasteiger partial charge in [0, 0.05) is 33.4 Å². The molecule has 0 spiro atoms. The summed E-state index contributed by atoms with van der Waals surface area (Å²) >= 11 is 3.09. The summed E-state index contributed by atoms with van der Waals surface area (Å²) in [5.74, 6) is 3.05. The van der Waals surface area contributed by atoms with Gasteiger partial charge in [-0.15, -0.1) is 22.7 Å². The quantitative estimate of drug-likeness (QED) is 0.168. The molecule has 11 nitrogen and oxygen atoms in total. The summed E-state index contributed by atoms with van der Waals surface area (Å²) < 4.78 is 89.6. The monoisotopic (exact) mass is 664 g/mol. The molecule has 0 aromatic carbocycles. The Kier molecular flexibility index (Phi) is 16.3. The molecule has 3 unspecified atom stereocenters. The van der Waals surface area contributed by atoms with Crippen molar-refractivity contribution in [2.24, 2.45) is 0 Å². The normalized spacial score (nSPS) is 18.5. The van der Waals surface area contributed by atoms with Crippen LogP contribution in [0.1, 0.15) is 58.3 Å². The summed E-state index contributed by atoms with van der Waals surface area (Å²) in [6, 6.07) is 0. The first kappa shape index (κ1) is 36.6. The van der Waals surface area contributed by atoms with Gasteiger partial charge in [-0.2, -0.15) is 8.42 Å². The molecule has 4 rings (SSSR count). The zero-order valence-electron chi connectivity index (χ0n) is 23.4. The van der Waals surface area contributed by atoms with Crippen LogP contribution in [0.25, 0.3) is 0 Å². The Hall–Kier alpha value is -0.620. The van der Waals surface area contributed by atoms with E-state index in [0.29, 0.717) is 32.0 Å². The van der Waals surface area contributed by atoms with E-state index in [-0.39, 0.29) is 60.5 Å². The van der Waals surface area contributed by atoms with E-state index in [1.165, 1.54) is 18.3 Å². The van der Waals surface area contributed by atoms with E-state index in [0.717, 1.165) is 55.8 Å². The van der Waals surface area contributed by atoms with Crippen LogP contribution in [0.15, 0.2) is 21.5 Å². The molecule has 0 saturated carbocycles. The van der Waals surface area contributed by atoms with Gasteiger partial charge in [-0.05, 0) is 32.6 Å². The Bertz CT molecular complexity index is 1230. The molecule has 0 aliphatic carbocycles. The van der Waals surface area contributed by atoms with Gasteiger partial charge in [-0.1, -0.05) is 25.7 Å². The van der Waals surface area contributed by atoms with Gasteiger partial charge >= 0.3 is 29.6 Å². The molecule has 0 fully saturated rings. The van der Waals surface area contributed by atoms with Gasteiger partial charge in [-0.25, -0.2) is 8.42 Å². The molecule has 41 heavy (non-hydrogen) atoms. The van der Waals surface area contributed by atoms with E-state index in [4.69, 9.17) is 28.2 Å². The van der Waals surface area contributed by atoms with E-state index >= 15 is 0 Å². The van der Waals surface area contributed by atoms with Crippen LogP contribution in [-0.2, 0) is 25.0 Å². The van der Waals surface area contributed by atoms with E-state index in [2.05, 4.69) is 0 Å². The molecule has 0 radical (unpaired) electrons. The second-order valence-corrected chi connectivity index (χ2v) is 14.5. The molecule has 228 valence electrons. The smallest absolute Gasteiger partial charge is 0.748 e. The molecule has 2 aromatic rings. The fourth-order valence-electron chi connectivity index (χ4n) is 3.92. The molecule has 4 heterocycles. The molecule has 0 bridgehead atoms. The summed E-state index contributed by atoms with van der Waals surface area (Å²) in [6.45, 7) is 2.92. The van der Waals surface area contributed by atoms with E-state index < -0.39 is 25.5 Å². The van der Waals surface area contributed by atoms with Crippen molar-refractivity contribution in [1.82, 2.24) is 0 Å². The SMILES string of the molecule is CC(CCOCC1COc2cscc2O1)S(=O)(=O)[O-].O=S(=O)(O)CCCCCCCCC1COc2cscc2O1.[Na+]. The van der Waals surface area contributed by atoms with Crippen LogP contribution in [0, 0.1) is 0 Å². The molecule has 2 aliphatic rings. The summed E-state index contributed by atoms with van der Waals surface area (Å²) in [4.78, 5) is 0. The second-order valence-electron chi connectivity index (χ2n) is 9.67. The summed E-state index contributed by atoms with van der Waals surface area (Å²) in [6.07, 6.45) is 6.79. The third kappa shape index (κ3) is 14.1. The van der Waals surface area contributed by atoms with Gasteiger partial charge in [0.1, 0.15) is 19.3 Å². The van der Waals surface area contributed by atoms with Crippen LogP contribution in [0.2, 0.25) is 0 Å². The maximum Gasteiger partial charge on any atom is 1.00 e. The summed E-state index contributed by atoms with van der Waals surface area (Å²) in [7, 11) is -8.01. The Morgan fingerprint density at radius 3 is 1.98 bits per heavy atom. The Labute approximate surface area is 272 Å². The van der Waals surface area contributed by atoms with Crippen molar-refractivity contribution < 1.29 is 79.2 Å². The first-order valence-electron chi connectivity index (χ1n) is 13.2. The molecule has 16 heteroatoms. The number of unbranched alkanes of at least 4 members (excludes halogenated alkanes) is 5. The maximum absolute atomic E-state index is 10.7. The van der Waals surface area contributed by atoms with Crippen molar-refractivity contribution in [2.45, 2.75) is 75.7 Å². The largest absolute Gasteiger partial charge is 1.00 e. The van der Waals surface area contributed by atoms with Crippen molar-refractivity contribution in [1.29, 1.82) is 0 Å². The number of hydrogen-bond acceptors (Lipinski definition) is 12. The minimum Gasteiger partial charge on any atom is -0.748 e. The van der Waals surface area contributed by atoms with Crippen LogP contribution >= 0.6 is 22.7 Å². The van der Waals surface area contributed by atoms with Gasteiger partial charge in [0.25, 0.3) is 10.1 Å². The van der Waals surface area contributed by atoms with Crippen LogP contribution in [0.3, 0.4) is 0 Å². The predicted molar refractivity (Wildman–Crippen MR) is 152 cm³/mol. The number of hydrogen-bond donors (Lipinski definition) is 1. The molecule has 1 N–H and O–H groups in total. The van der Waals surface area contributed by atoms with Crippen molar-refractivity contribution in [3.63, 3.8) is 0 Å². The number of ether oxygens (including phenoxy) is 5. The average Bonchev–Trinajstić information content (AvgIpc) is 3.56. The number of thiophene rings is 2. The fourth-order valence-corrected chi connectivity index (χ4v) is 6.21. The van der Waals surface area contributed by atoms with Crippen molar-refractivity contribution in [2.75, 3.05) is 32.2 Å². The third-order valence-corrected chi connectivity index (χ3v) is 9.69. The fraction of sp³-hybridized carbons (Fsp3) is 0.680. The topological polar surface area (TPSA) is 158 Å². The van der Waals surface area contributed by atoms with Gasteiger partial charge in [0.2, 0.25) is 0 Å². The zero-order chi connectivity index (χ0) is 29.0. The molecular weight excluding hydrogens is 628 g/mol. The van der Waals surface area contributed by atoms with Crippen LogP contribution < -0.4 is 48.5 Å². The van der Waals surface area contributed by atoms with Crippen molar-refractivity contribution in [3.05, 3.63) is 21.5 Å².